The van der Waals surface area contributed by atoms with Crippen molar-refractivity contribution in [3.05, 3.63) is 60.2 Å². The molecule has 2 heterocycles. The second kappa shape index (κ2) is 7.04. The summed E-state index contributed by atoms with van der Waals surface area (Å²) in [4.78, 5) is 20.2. The van der Waals surface area contributed by atoms with Gasteiger partial charge in [-0.25, -0.2) is 4.98 Å². The van der Waals surface area contributed by atoms with E-state index in [4.69, 9.17) is 0 Å². The smallest absolute Gasteiger partial charge is 0.252 e. The van der Waals surface area contributed by atoms with E-state index in [9.17, 15) is 4.79 Å². The summed E-state index contributed by atoms with van der Waals surface area (Å²) in [6, 6.07) is 9.69. The quantitative estimate of drug-likeness (QED) is 0.804. The van der Waals surface area contributed by atoms with Gasteiger partial charge in [0.1, 0.15) is 0 Å². The Morgan fingerprint density at radius 1 is 1.32 bits per heavy atom. The number of nitrogens with one attached hydrogen (secondary N) is 1. The molecule has 3 aromatic rings. The molecule has 22 heavy (non-hydrogen) atoms. The first kappa shape index (κ1) is 16.0. The van der Waals surface area contributed by atoms with Gasteiger partial charge < -0.3 is 9.88 Å². The van der Waals surface area contributed by atoms with Crippen molar-refractivity contribution in [2.45, 2.75) is 6.42 Å². The number of aromatic nitrogens is 3. The van der Waals surface area contributed by atoms with E-state index in [0.29, 0.717) is 12.1 Å². The van der Waals surface area contributed by atoms with Crippen molar-refractivity contribution in [2.24, 2.45) is 7.05 Å². The van der Waals surface area contributed by atoms with Crippen LogP contribution in [0, 0.1) is 0 Å². The number of fused-ring (bicyclic) bond motifs is 1. The van der Waals surface area contributed by atoms with Crippen LogP contribution >= 0.6 is 12.4 Å². The molecule has 6 heteroatoms. The van der Waals surface area contributed by atoms with E-state index in [1.54, 1.807) is 30.9 Å². The molecule has 5 nitrogen and oxygen atoms in total. The zero-order chi connectivity index (χ0) is 14.7. The fraction of sp³-hybridized carbons (Fsp3) is 0.188. The maximum Gasteiger partial charge on any atom is 0.252 e. The second-order valence-electron chi connectivity index (χ2n) is 4.93. The highest BCUT2D eigenvalue weighted by Gasteiger charge is 2.05. The van der Waals surface area contributed by atoms with Crippen LogP contribution in [0.4, 0.5) is 0 Å². The minimum Gasteiger partial charge on any atom is -0.352 e. The molecule has 0 saturated heterocycles. The molecule has 0 fully saturated rings. The minimum absolute atomic E-state index is 0. The largest absolute Gasteiger partial charge is 0.352 e. The molecule has 1 aromatic carbocycles. The normalized spacial score (nSPS) is 10.2. The monoisotopic (exact) mass is 316 g/mol. The standard InChI is InChI=1S/C16H16N4O.ClH/c1-20-11-19-14-9-12(4-5-15(14)20)6-8-18-16(21)13-3-2-7-17-10-13;/h2-5,7,9-11H,6,8H2,1H3,(H,18,21);1H. The SMILES string of the molecule is Cl.Cn1cnc2cc(CCNC(=O)c3cccnc3)ccc21. The van der Waals surface area contributed by atoms with Gasteiger partial charge in [0.05, 0.1) is 22.9 Å². The predicted molar refractivity (Wildman–Crippen MR) is 88.2 cm³/mol. The third-order valence-electron chi connectivity index (χ3n) is 3.41. The van der Waals surface area contributed by atoms with E-state index in [2.05, 4.69) is 33.5 Å². The van der Waals surface area contributed by atoms with Gasteiger partial charge in [0.15, 0.2) is 0 Å². The Hall–Kier alpha value is -2.40. The third kappa shape index (κ3) is 3.43. The van der Waals surface area contributed by atoms with Crippen LogP contribution in [0.5, 0.6) is 0 Å². The van der Waals surface area contributed by atoms with Crippen molar-refractivity contribution in [2.75, 3.05) is 6.54 Å². The molecule has 0 spiro atoms. The number of amides is 1. The van der Waals surface area contributed by atoms with E-state index in [1.807, 2.05) is 11.6 Å². The molecule has 0 bridgehead atoms. The maximum atomic E-state index is 11.9. The van der Waals surface area contributed by atoms with Gasteiger partial charge in [0, 0.05) is 26.0 Å². The summed E-state index contributed by atoms with van der Waals surface area (Å²) < 4.78 is 1.99. The topological polar surface area (TPSA) is 59.8 Å². The molecular formula is C16H17ClN4O. The minimum atomic E-state index is -0.0954. The molecular weight excluding hydrogens is 300 g/mol. The Morgan fingerprint density at radius 2 is 2.18 bits per heavy atom. The van der Waals surface area contributed by atoms with Crippen molar-refractivity contribution in [1.82, 2.24) is 19.9 Å². The van der Waals surface area contributed by atoms with Gasteiger partial charge in [-0.15, -0.1) is 12.4 Å². The van der Waals surface area contributed by atoms with E-state index in [1.165, 1.54) is 0 Å². The number of hydrogen-bond acceptors (Lipinski definition) is 3. The Kier molecular flexibility index (Phi) is 5.12. The highest BCUT2D eigenvalue weighted by molar-refractivity contribution is 5.93. The highest BCUT2D eigenvalue weighted by atomic mass is 35.5. The van der Waals surface area contributed by atoms with Crippen molar-refractivity contribution in [3.63, 3.8) is 0 Å². The van der Waals surface area contributed by atoms with E-state index >= 15 is 0 Å². The average Bonchev–Trinajstić information content (AvgIpc) is 2.89. The number of rotatable bonds is 4. The lowest BCUT2D eigenvalue weighted by atomic mass is 10.1. The number of benzene rings is 1. The summed E-state index contributed by atoms with van der Waals surface area (Å²) in [7, 11) is 1.98. The van der Waals surface area contributed by atoms with Crippen LogP contribution in [0.2, 0.25) is 0 Å². The number of nitrogens with zero attached hydrogens (tertiary/aromatic N) is 3. The Labute approximate surface area is 134 Å². The molecule has 0 unspecified atom stereocenters. The number of pyridine rings is 1. The van der Waals surface area contributed by atoms with Gasteiger partial charge in [0.2, 0.25) is 0 Å². The van der Waals surface area contributed by atoms with Gasteiger partial charge in [-0.1, -0.05) is 6.07 Å². The number of carbonyl (C=O) groups excluding carboxylic acids is 1. The molecule has 0 saturated carbocycles. The summed E-state index contributed by atoms with van der Waals surface area (Å²) in [6.07, 6.45) is 5.80. The molecule has 0 radical (unpaired) electrons. The summed E-state index contributed by atoms with van der Waals surface area (Å²) in [5, 5.41) is 2.90. The number of carbonyl (C=O) groups is 1. The van der Waals surface area contributed by atoms with Gasteiger partial charge in [0.25, 0.3) is 5.91 Å². The molecule has 0 aliphatic heterocycles. The van der Waals surface area contributed by atoms with Crippen molar-refractivity contribution >= 4 is 29.3 Å². The van der Waals surface area contributed by atoms with Crippen LogP contribution in [-0.2, 0) is 13.5 Å². The van der Waals surface area contributed by atoms with Crippen LogP contribution in [0.25, 0.3) is 11.0 Å². The molecule has 0 atom stereocenters. The Morgan fingerprint density at radius 3 is 2.95 bits per heavy atom. The molecule has 2 aromatic heterocycles. The summed E-state index contributed by atoms with van der Waals surface area (Å²) in [5.41, 5.74) is 3.83. The lowest BCUT2D eigenvalue weighted by molar-refractivity contribution is 0.0954. The lowest BCUT2D eigenvalue weighted by Gasteiger charge is -2.05. The number of aryl methyl sites for hydroxylation is 1. The Bertz CT molecular complexity index is 770. The maximum absolute atomic E-state index is 11.9. The molecule has 114 valence electrons. The summed E-state index contributed by atoms with van der Waals surface area (Å²) >= 11 is 0. The van der Waals surface area contributed by atoms with Crippen molar-refractivity contribution < 1.29 is 4.79 Å². The first-order valence-electron chi connectivity index (χ1n) is 6.82. The predicted octanol–water partition coefficient (Wildman–Crippen LogP) is 2.36. The number of hydrogen-bond donors (Lipinski definition) is 1. The molecule has 0 aliphatic rings. The zero-order valence-electron chi connectivity index (χ0n) is 12.2. The second-order valence-corrected chi connectivity index (χ2v) is 4.93. The fourth-order valence-corrected chi connectivity index (χ4v) is 2.26. The summed E-state index contributed by atoms with van der Waals surface area (Å²) in [5.74, 6) is -0.0954. The lowest BCUT2D eigenvalue weighted by Crippen LogP contribution is -2.25. The van der Waals surface area contributed by atoms with E-state index < -0.39 is 0 Å². The van der Waals surface area contributed by atoms with Crippen LogP contribution in [0.3, 0.4) is 0 Å². The molecule has 0 aliphatic carbocycles. The van der Waals surface area contributed by atoms with Crippen molar-refractivity contribution in [1.29, 1.82) is 0 Å². The summed E-state index contributed by atoms with van der Waals surface area (Å²) in [6.45, 7) is 0.589. The van der Waals surface area contributed by atoms with Crippen LogP contribution in [-0.4, -0.2) is 27.0 Å². The van der Waals surface area contributed by atoms with Gasteiger partial charge in [-0.3, -0.25) is 9.78 Å². The number of halogens is 1. The Balaban J connectivity index is 0.00000176. The van der Waals surface area contributed by atoms with E-state index in [0.717, 1.165) is 23.0 Å². The van der Waals surface area contributed by atoms with Crippen LogP contribution in [0.15, 0.2) is 49.1 Å². The molecule has 3 rings (SSSR count). The molecule has 1 amide bonds. The van der Waals surface area contributed by atoms with Gasteiger partial charge >= 0.3 is 0 Å². The molecule has 1 N–H and O–H groups in total. The first-order chi connectivity index (χ1) is 10.2. The average molecular weight is 317 g/mol. The zero-order valence-corrected chi connectivity index (χ0v) is 13.0. The first-order valence-corrected chi connectivity index (χ1v) is 6.82. The third-order valence-corrected chi connectivity index (χ3v) is 3.41. The fourth-order valence-electron chi connectivity index (χ4n) is 2.26. The van der Waals surface area contributed by atoms with Crippen molar-refractivity contribution in [3.8, 4) is 0 Å². The van der Waals surface area contributed by atoms with Gasteiger partial charge in [-0.05, 0) is 36.2 Å². The van der Waals surface area contributed by atoms with Crippen LogP contribution in [0.1, 0.15) is 15.9 Å². The van der Waals surface area contributed by atoms with Crippen LogP contribution < -0.4 is 5.32 Å². The number of imidazole rings is 1. The van der Waals surface area contributed by atoms with Gasteiger partial charge in [-0.2, -0.15) is 0 Å². The van der Waals surface area contributed by atoms with E-state index in [-0.39, 0.29) is 18.3 Å². The highest BCUT2D eigenvalue weighted by Crippen LogP contribution is 2.14.